The van der Waals surface area contributed by atoms with E-state index in [9.17, 15) is 0 Å². The highest BCUT2D eigenvalue weighted by atomic mass is 15.5. The minimum absolute atomic E-state index is 0.0994. The number of rotatable bonds is 4. The molecule has 45 heavy (non-hydrogen) atoms. The number of hydrogen-bond acceptors (Lipinski definition) is 2. The van der Waals surface area contributed by atoms with Crippen LogP contribution in [0, 0.1) is 0 Å². The summed E-state index contributed by atoms with van der Waals surface area (Å²) in [6.45, 7) is 20.3. The lowest BCUT2D eigenvalue weighted by Crippen LogP contribution is -2.10. The van der Waals surface area contributed by atoms with Gasteiger partial charge < -0.3 is 0 Å². The zero-order chi connectivity index (χ0) is 32.1. The van der Waals surface area contributed by atoms with Crippen LogP contribution in [0.2, 0.25) is 0 Å². The van der Waals surface area contributed by atoms with Gasteiger partial charge in [-0.25, -0.2) is 0 Å². The third-order valence-electron chi connectivity index (χ3n) is 8.83. The highest BCUT2D eigenvalue weighted by molar-refractivity contribution is 5.93. The number of hydrogen-bond donors (Lipinski definition) is 0. The molecule has 3 heteroatoms. The molecule has 0 aliphatic carbocycles. The first-order valence-electron chi connectivity index (χ1n) is 16.0. The standard InChI is InChI=1S/C42H45N3/c1-40(2,3)32-18-10-28(11-19-32)29-16-24-35(25-17-29)45-43-38-26-36(30-12-20-33(21-13-30)41(4,5)6)37(27-39(38)44-45)31-14-22-34(23-15-31)42(7,8)9/h10-27H,1-9H3. The Bertz CT molecular complexity index is 1840. The third-order valence-corrected chi connectivity index (χ3v) is 8.83. The molecule has 0 N–H and O–H groups in total. The number of fused-ring (bicyclic) bond motifs is 1. The van der Waals surface area contributed by atoms with E-state index in [-0.39, 0.29) is 16.2 Å². The van der Waals surface area contributed by atoms with Crippen molar-refractivity contribution in [3.63, 3.8) is 0 Å². The van der Waals surface area contributed by atoms with E-state index in [1.165, 1.54) is 38.9 Å². The first-order valence-corrected chi connectivity index (χ1v) is 16.0. The van der Waals surface area contributed by atoms with Crippen molar-refractivity contribution in [2.24, 2.45) is 0 Å². The molecule has 0 aliphatic heterocycles. The summed E-state index contributed by atoms with van der Waals surface area (Å²) in [5.74, 6) is 0. The van der Waals surface area contributed by atoms with Gasteiger partial charge in [0.05, 0.1) is 5.69 Å². The van der Waals surface area contributed by atoms with E-state index < -0.39 is 0 Å². The van der Waals surface area contributed by atoms with Crippen LogP contribution in [0.15, 0.2) is 109 Å². The summed E-state index contributed by atoms with van der Waals surface area (Å²) in [6, 6.07) is 39.8. The van der Waals surface area contributed by atoms with Crippen molar-refractivity contribution in [2.45, 2.75) is 78.6 Å². The minimum atomic E-state index is 0.0994. The second-order valence-corrected chi connectivity index (χ2v) is 15.4. The largest absolute Gasteiger partial charge is 0.150 e. The molecule has 228 valence electrons. The van der Waals surface area contributed by atoms with E-state index in [1.807, 2.05) is 0 Å². The zero-order valence-electron chi connectivity index (χ0n) is 28.2. The zero-order valence-corrected chi connectivity index (χ0v) is 28.2. The van der Waals surface area contributed by atoms with E-state index >= 15 is 0 Å². The summed E-state index contributed by atoms with van der Waals surface area (Å²) in [5, 5.41) is 9.91. The molecule has 1 aromatic heterocycles. The van der Waals surface area contributed by atoms with E-state index in [4.69, 9.17) is 10.2 Å². The lowest BCUT2D eigenvalue weighted by Gasteiger charge is -2.20. The van der Waals surface area contributed by atoms with Crippen molar-refractivity contribution < 1.29 is 0 Å². The summed E-state index contributed by atoms with van der Waals surface area (Å²) >= 11 is 0. The Kier molecular flexibility index (Phi) is 7.56. The smallest absolute Gasteiger partial charge is 0.114 e. The van der Waals surface area contributed by atoms with Gasteiger partial charge in [-0.3, -0.25) is 0 Å². The maximum absolute atomic E-state index is 4.95. The second-order valence-electron chi connectivity index (χ2n) is 15.4. The molecule has 0 radical (unpaired) electrons. The summed E-state index contributed by atoms with van der Waals surface area (Å²) < 4.78 is 0. The van der Waals surface area contributed by atoms with Crippen LogP contribution in [0.3, 0.4) is 0 Å². The molecule has 0 saturated heterocycles. The summed E-state index contributed by atoms with van der Waals surface area (Å²) in [4.78, 5) is 1.76. The van der Waals surface area contributed by atoms with Gasteiger partial charge in [-0.05, 0) is 90.6 Å². The van der Waals surface area contributed by atoms with Crippen molar-refractivity contribution in [1.29, 1.82) is 0 Å². The SMILES string of the molecule is CC(C)(C)c1ccc(-c2ccc(-n3nc4cc(-c5ccc(C(C)(C)C)cc5)c(-c5ccc(C(C)(C)C)cc5)cc4n3)cc2)cc1. The van der Waals surface area contributed by atoms with Crippen LogP contribution in [-0.2, 0) is 16.2 Å². The Balaban J connectivity index is 1.40. The number of nitrogens with zero attached hydrogens (tertiary/aromatic N) is 3. The summed E-state index contributed by atoms with van der Waals surface area (Å²) in [7, 11) is 0. The normalized spacial score (nSPS) is 12.6. The maximum atomic E-state index is 4.95. The highest BCUT2D eigenvalue weighted by Crippen LogP contribution is 2.37. The average Bonchev–Trinajstić information content (AvgIpc) is 3.43. The molecule has 1 heterocycles. The Morgan fingerprint density at radius 2 is 0.667 bits per heavy atom. The molecule has 0 fully saturated rings. The van der Waals surface area contributed by atoms with Gasteiger partial charge >= 0.3 is 0 Å². The average molecular weight is 592 g/mol. The van der Waals surface area contributed by atoms with E-state index in [0.29, 0.717) is 0 Å². The van der Waals surface area contributed by atoms with Crippen molar-refractivity contribution in [2.75, 3.05) is 0 Å². The first-order chi connectivity index (χ1) is 21.2. The van der Waals surface area contributed by atoms with Crippen LogP contribution in [0.5, 0.6) is 0 Å². The summed E-state index contributed by atoms with van der Waals surface area (Å²) in [6.07, 6.45) is 0. The molecule has 6 aromatic rings. The van der Waals surface area contributed by atoms with Gasteiger partial charge in [-0.2, -0.15) is 4.80 Å². The fourth-order valence-corrected chi connectivity index (χ4v) is 5.81. The van der Waals surface area contributed by atoms with Crippen molar-refractivity contribution in [3.05, 3.63) is 126 Å². The number of benzene rings is 5. The van der Waals surface area contributed by atoms with Gasteiger partial charge in [0.1, 0.15) is 11.0 Å². The minimum Gasteiger partial charge on any atom is -0.150 e. The second kappa shape index (κ2) is 11.1. The van der Waals surface area contributed by atoms with Crippen LogP contribution in [0.25, 0.3) is 50.1 Å². The molecule has 0 spiro atoms. The lowest BCUT2D eigenvalue weighted by molar-refractivity contribution is 0.590. The number of aromatic nitrogens is 3. The van der Waals surface area contributed by atoms with Gasteiger partial charge in [0.15, 0.2) is 0 Å². The monoisotopic (exact) mass is 591 g/mol. The molecule has 0 aliphatic rings. The van der Waals surface area contributed by atoms with Gasteiger partial charge in [0.25, 0.3) is 0 Å². The molecule has 0 amide bonds. The molecule has 0 atom stereocenters. The molecule has 6 rings (SSSR count). The van der Waals surface area contributed by atoms with Crippen molar-refractivity contribution in [3.8, 4) is 39.1 Å². The topological polar surface area (TPSA) is 30.7 Å². The Hall–Kier alpha value is -4.50. The predicted molar refractivity (Wildman–Crippen MR) is 191 cm³/mol. The molecule has 0 bridgehead atoms. The molecule has 5 aromatic carbocycles. The van der Waals surface area contributed by atoms with Gasteiger partial charge in [0.2, 0.25) is 0 Å². The van der Waals surface area contributed by atoms with Crippen molar-refractivity contribution in [1.82, 2.24) is 15.0 Å². The quantitative estimate of drug-likeness (QED) is 0.204. The maximum Gasteiger partial charge on any atom is 0.114 e. The Morgan fingerprint density at radius 3 is 0.978 bits per heavy atom. The van der Waals surface area contributed by atoms with Gasteiger partial charge in [0, 0.05) is 0 Å². The molecule has 0 unspecified atom stereocenters. The van der Waals surface area contributed by atoms with Gasteiger partial charge in [-0.1, -0.05) is 147 Å². The van der Waals surface area contributed by atoms with E-state index in [2.05, 4.69) is 172 Å². The Labute approximate surface area is 269 Å². The molecule has 3 nitrogen and oxygen atoms in total. The first kappa shape index (κ1) is 30.5. The van der Waals surface area contributed by atoms with E-state index in [1.54, 1.807) is 4.80 Å². The fourth-order valence-electron chi connectivity index (χ4n) is 5.81. The summed E-state index contributed by atoms with van der Waals surface area (Å²) in [5.41, 5.74) is 14.1. The van der Waals surface area contributed by atoms with Crippen LogP contribution in [0.1, 0.15) is 79.0 Å². The van der Waals surface area contributed by atoms with Crippen LogP contribution >= 0.6 is 0 Å². The van der Waals surface area contributed by atoms with Crippen LogP contribution in [-0.4, -0.2) is 15.0 Å². The van der Waals surface area contributed by atoms with Gasteiger partial charge in [-0.15, -0.1) is 10.2 Å². The van der Waals surface area contributed by atoms with Crippen LogP contribution < -0.4 is 0 Å². The van der Waals surface area contributed by atoms with E-state index in [0.717, 1.165) is 27.8 Å². The molecular weight excluding hydrogens is 546 g/mol. The molecular formula is C42H45N3. The Morgan fingerprint density at radius 1 is 0.378 bits per heavy atom. The fraction of sp³-hybridized carbons (Fsp3) is 0.286. The predicted octanol–water partition coefficient (Wildman–Crippen LogP) is 11.3. The lowest BCUT2D eigenvalue weighted by atomic mass is 9.84. The highest BCUT2D eigenvalue weighted by Gasteiger charge is 2.18. The third kappa shape index (κ3) is 6.35. The molecule has 0 saturated carbocycles. The van der Waals surface area contributed by atoms with Crippen molar-refractivity contribution >= 4 is 11.0 Å². The van der Waals surface area contributed by atoms with Crippen LogP contribution in [0.4, 0.5) is 0 Å².